The molecular weight excluding hydrogens is 252 g/mol. The van der Waals surface area contributed by atoms with E-state index in [4.69, 9.17) is 5.11 Å². The Hall–Kier alpha value is -0.350. The highest BCUT2D eigenvalue weighted by atomic mass is 79.9. The first-order valence-corrected chi connectivity index (χ1v) is 5.46. The van der Waals surface area contributed by atoms with Gasteiger partial charge in [-0.05, 0) is 27.4 Å². The third-order valence-corrected chi connectivity index (χ3v) is 3.92. The SMILES string of the molecule is CC(C)(C)c1cc(C(=O)O)c(Br)s1. The number of carbonyl (C=O) groups is 1. The zero-order valence-electron chi connectivity index (χ0n) is 7.72. The highest BCUT2D eigenvalue weighted by Gasteiger charge is 2.21. The Morgan fingerprint density at radius 2 is 2.08 bits per heavy atom. The monoisotopic (exact) mass is 262 g/mol. The fraction of sp³-hybridized carbons (Fsp3) is 0.444. The van der Waals surface area contributed by atoms with Crippen molar-refractivity contribution >= 4 is 33.2 Å². The highest BCUT2D eigenvalue weighted by Crippen LogP contribution is 2.35. The molecular formula is C9H11BrO2S. The molecule has 0 aromatic carbocycles. The number of rotatable bonds is 1. The van der Waals surface area contributed by atoms with Crippen molar-refractivity contribution in [3.8, 4) is 0 Å². The highest BCUT2D eigenvalue weighted by molar-refractivity contribution is 9.11. The van der Waals surface area contributed by atoms with Crippen molar-refractivity contribution in [1.82, 2.24) is 0 Å². The predicted octanol–water partition coefficient (Wildman–Crippen LogP) is 3.51. The number of thiophene rings is 1. The van der Waals surface area contributed by atoms with Gasteiger partial charge in [0, 0.05) is 4.88 Å². The van der Waals surface area contributed by atoms with Crippen LogP contribution in [0.5, 0.6) is 0 Å². The van der Waals surface area contributed by atoms with Gasteiger partial charge in [-0.1, -0.05) is 20.8 Å². The zero-order chi connectivity index (χ0) is 10.2. The summed E-state index contributed by atoms with van der Waals surface area (Å²) in [6, 6.07) is 1.73. The second-order valence-corrected chi connectivity index (χ2v) is 6.22. The summed E-state index contributed by atoms with van der Waals surface area (Å²) in [7, 11) is 0. The molecule has 0 spiro atoms. The van der Waals surface area contributed by atoms with Gasteiger partial charge in [0.05, 0.1) is 9.35 Å². The van der Waals surface area contributed by atoms with Crippen LogP contribution in [0.2, 0.25) is 0 Å². The molecule has 13 heavy (non-hydrogen) atoms. The Morgan fingerprint density at radius 1 is 1.54 bits per heavy atom. The molecule has 0 radical (unpaired) electrons. The van der Waals surface area contributed by atoms with Gasteiger partial charge in [0.25, 0.3) is 0 Å². The van der Waals surface area contributed by atoms with E-state index in [1.54, 1.807) is 6.07 Å². The minimum absolute atomic E-state index is 0.0148. The lowest BCUT2D eigenvalue weighted by atomic mass is 9.94. The van der Waals surface area contributed by atoms with Gasteiger partial charge in [0.1, 0.15) is 0 Å². The average molecular weight is 263 g/mol. The van der Waals surface area contributed by atoms with E-state index < -0.39 is 5.97 Å². The molecule has 0 aliphatic rings. The molecule has 0 aliphatic heterocycles. The van der Waals surface area contributed by atoms with Crippen LogP contribution in [0.1, 0.15) is 36.0 Å². The third kappa shape index (κ3) is 2.31. The number of carboxylic acid groups (broad SMARTS) is 1. The van der Waals surface area contributed by atoms with E-state index in [1.807, 2.05) is 0 Å². The Balaban J connectivity index is 3.17. The molecule has 0 fully saturated rings. The first-order valence-electron chi connectivity index (χ1n) is 3.85. The quantitative estimate of drug-likeness (QED) is 0.841. The largest absolute Gasteiger partial charge is 0.478 e. The number of halogens is 1. The lowest BCUT2D eigenvalue weighted by molar-refractivity contribution is 0.0696. The van der Waals surface area contributed by atoms with Crippen LogP contribution in [0.15, 0.2) is 9.85 Å². The lowest BCUT2D eigenvalue weighted by Gasteiger charge is -2.14. The molecule has 1 aromatic heterocycles. The van der Waals surface area contributed by atoms with E-state index in [0.717, 1.165) is 4.88 Å². The summed E-state index contributed by atoms with van der Waals surface area (Å²) in [6.07, 6.45) is 0. The molecule has 1 heterocycles. The summed E-state index contributed by atoms with van der Waals surface area (Å²) in [5, 5.41) is 8.82. The molecule has 0 saturated carbocycles. The van der Waals surface area contributed by atoms with Crippen LogP contribution < -0.4 is 0 Å². The zero-order valence-corrected chi connectivity index (χ0v) is 10.1. The van der Waals surface area contributed by atoms with Crippen LogP contribution in [-0.2, 0) is 5.41 Å². The Labute approximate surface area is 89.7 Å². The maximum Gasteiger partial charge on any atom is 0.337 e. The molecule has 0 atom stereocenters. The van der Waals surface area contributed by atoms with Gasteiger partial charge in [-0.15, -0.1) is 11.3 Å². The Morgan fingerprint density at radius 3 is 2.31 bits per heavy atom. The van der Waals surface area contributed by atoms with Crippen LogP contribution in [0.3, 0.4) is 0 Å². The topological polar surface area (TPSA) is 37.3 Å². The second-order valence-electron chi connectivity index (χ2n) is 3.85. The van der Waals surface area contributed by atoms with Gasteiger partial charge < -0.3 is 5.11 Å². The standard InChI is InChI=1S/C9H11BrO2S/c1-9(2,3)6-4-5(8(11)12)7(10)13-6/h4H,1-3H3,(H,11,12). The number of hydrogen-bond acceptors (Lipinski definition) is 2. The van der Waals surface area contributed by atoms with E-state index in [0.29, 0.717) is 9.35 Å². The summed E-state index contributed by atoms with van der Waals surface area (Å²) in [5.74, 6) is -0.876. The number of hydrogen-bond donors (Lipinski definition) is 1. The molecule has 0 bridgehead atoms. The van der Waals surface area contributed by atoms with Crippen molar-refractivity contribution in [3.63, 3.8) is 0 Å². The fourth-order valence-corrected chi connectivity index (χ4v) is 2.62. The number of aromatic carboxylic acids is 1. The Bertz CT molecular complexity index is 336. The van der Waals surface area contributed by atoms with Gasteiger partial charge in [-0.25, -0.2) is 4.79 Å². The van der Waals surface area contributed by atoms with Crippen molar-refractivity contribution < 1.29 is 9.90 Å². The third-order valence-electron chi connectivity index (χ3n) is 1.66. The second kappa shape index (κ2) is 3.42. The molecule has 1 N–H and O–H groups in total. The molecule has 2 nitrogen and oxygen atoms in total. The average Bonchev–Trinajstić information content (AvgIpc) is 2.29. The molecule has 0 amide bonds. The minimum atomic E-state index is -0.876. The van der Waals surface area contributed by atoms with Gasteiger partial charge >= 0.3 is 5.97 Å². The van der Waals surface area contributed by atoms with Crippen LogP contribution >= 0.6 is 27.3 Å². The summed E-state index contributed by atoms with van der Waals surface area (Å²) in [5.41, 5.74) is 0.371. The van der Waals surface area contributed by atoms with E-state index in [9.17, 15) is 4.79 Å². The normalized spacial score (nSPS) is 11.7. The van der Waals surface area contributed by atoms with E-state index >= 15 is 0 Å². The van der Waals surface area contributed by atoms with Crippen LogP contribution in [0, 0.1) is 0 Å². The molecule has 1 rings (SSSR count). The van der Waals surface area contributed by atoms with Gasteiger partial charge in [-0.3, -0.25) is 0 Å². The first-order chi connectivity index (χ1) is 5.82. The molecule has 4 heteroatoms. The van der Waals surface area contributed by atoms with E-state index in [-0.39, 0.29) is 5.41 Å². The van der Waals surface area contributed by atoms with Crippen molar-refractivity contribution in [1.29, 1.82) is 0 Å². The van der Waals surface area contributed by atoms with E-state index in [2.05, 4.69) is 36.7 Å². The molecule has 1 aromatic rings. The van der Waals surface area contributed by atoms with Crippen LogP contribution in [0.25, 0.3) is 0 Å². The minimum Gasteiger partial charge on any atom is -0.478 e. The molecule has 72 valence electrons. The van der Waals surface area contributed by atoms with E-state index in [1.165, 1.54) is 11.3 Å². The summed E-state index contributed by atoms with van der Waals surface area (Å²) < 4.78 is 0.699. The maximum absolute atomic E-state index is 10.7. The summed E-state index contributed by atoms with van der Waals surface area (Å²) in [4.78, 5) is 11.8. The summed E-state index contributed by atoms with van der Waals surface area (Å²) >= 11 is 4.73. The number of carboxylic acids is 1. The van der Waals surface area contributed by atoms with Crippen LogP contribution in [-0.4, -0.2) is 11.1 Å². The van der Waals surface area contributed by atoms with Gasteiger partial charge in [-0.2, -0.15) is 0 Å². The van der Waals surface area contributed by atoms with Crippen LogP contribution in [0.4, 0.5) is 0 Å². The fourth-order valence-electron chi connectivity index (χ4n) is 0.884. The lowest BCUT2D eigenvalue weighted by Crippen LogP contribution is -2.08. The maximum atomic E-state index is 10.7. The molecule has 0 aliphatic carbocycles. The predicted molar refractivity (Wildman–Crippen MR) is 57.7 cm³/mol. The first kappa shape index (κ1) is 10.7. The molecule has 0 unspecified atom stereocenters. The van der Waals surface area contributed by atoms with Crippen molar-refractivity contribution in [2.75, 3.05) is 0 Å². The van der Waals surface area contributed by atoms with Crippen molar-refractivity contribution in [2.45, 2.75) is 26.2 Å². The summed E-state index contributed by atoms with van der Waals surface area (Å²) in [6.45, 7) is 6.20. The smallest absolute Gasteiger partial charge is 0.337 e. The molecule has 0 saturated heterocycles. The Kier molecular flexibility index (Phi) is 2.82. The van der Waals surface area contributed by atoms with Crippen molar-refractivity contribution in [3.05, 3.63) is 20.3 Å². The van der Waals surface area contributed by atoms with Gasteiger partial charge in [0.2, 0.25) is 0 Å². The van der Waals surface area contributed by atoms with Gasteiger partial charge in [0.15, 0.2) is 0 Å². The van der Waals surface area contributed by atoms with Crippen molar-refractivity contribution in [2.24, 2.45) is 0 Å².